The second kappa shape index (κ2) is 5.17. The summed E-state index contributed by atoms with van der Waals surface area (Å²) in [6.07, 6.45) is -1.01. The van der Waals surface area contributed by atoms with Crippen molar-refractivity contribution in [3.63, 3.8) is 0 Å². The van der Waals surface area contributed by atoms with E-state index in [9.17, 15) is 13.5 Å². The molecule has 2 atom stereocenters. The van der Waals surface area contributed by atoms with Crippen LogP contribution in [-0.4, -0.2) is 24.5 Å². The Morgan fingerprint density at radius 1 is 1.31 bits per heavy atom. The van der Waals surface area contributed by atoms with E-state index in [4.69, 9.17) is 11.6 Å². The van der Waals surface area contributed by atoms with E-state index < -0.39 is 21.2 Å². The van der Waals surface area contributed by atoms with Gasteiger partial charge in [-0.15, -0.1) is 0 Å². The van der Waals surface area contributed by atoms with Gasteiger partial charge in [-0.25, -0.2) is 8.42 Å². The first-order chi connectivity index (χ1) is 7.38. The predicted octanol–water partition coefficient (Wildman–Crippen LogP) is 2.20. The lowest BCUT2D eigenvalue weighted by Crippen LogP contribution is -2.26. The number of aliphatic hydroxyl groups is 1. The molecule has 0 saturated carbocycles. The van der Waals surface area contributed by atoms with Crippen LogP contribution in [0.4, 0.5) is 0 Å². The summed E-state index contributed by atoms with van der Waals surface area (Å²) in [4.78, 5) is 0. The molecule has 0 fully saturated rings. The van der Waals surface area contributed by atoms with Crippen LogP contribution >= 0.6 is 11.6 Å². The molecule has 1 aromatic carbocycles. The van der Waals surface area contributed by atoms with Crippen molar-refractivity contribution < 1.29 is 13.5 Å². The summed E-state index contributed by atoms with van der Waals surface area (Å²) < 4.78 is 23.2. The minimum atomic E-state index is -3.24. The van der Waals surface area contributed by atoms with Crippen molar-refractivity contribution in [3.05, 3.63) is 34.9 Å². The van der Waals surface area contributed by atoms with Gasteiger partial charge < -0.3 is 5.11 Å². The van der Waals surface area contributed by atoms with Crippen LogP contribution in [0.15, 0.2) is 24.3 Å². The summed E-state index contributed by atoms with van der Waals surface area (Å²) >= 11 is 5.71. The monoisotopic (exact) mass is 262 g/mol. The van der Waals surface area contributed by atoms with Gasteiger partial charge in [0.15, 0.2) is 9.84 Å². The van der Waals surface area contributed by atoms with E-state index in [1.807, 2.05) is 0 Å². The van der Waals surface area contributed by atoms with Gasteiger partial charge in [-0.3, -0.25) is 0 Å². The van der Waals surface area contributed by atoms with Gasteiger partial charge in [-0.1, -0.05) is 30.7 Å². The molecule has 16 heavy (non-hydrogen) atoms. The third-order valence-corrected chi connectivity index (χ3v) is 5.07. The molecule has 0 unspecified atom stereocenters. The molecule has 0 aliphatic heterocycles. The quantitative estimate of drug-likeness (QED) is 0.905. The van der Waals surface area contributed by atoms with E-state index in [1.165, 1.54) is 6.92 Å². The fourth-order valence-electron chi connectivity index (χ4n) is 1.39. The molecule has 3 nitrogen and oxygen atoms in total. The molecular weight excluding hydrogens is 248 g/mol. The largest absolute Gasteiger partial charge is 0.387 e. The Balaban J connectivity index is 2.94. The van der Waals surface area contributed by atoms with E-state index in [-0.39, 0.29) is 5.75 Å². The zero-order valence-corrected chi connectivity index (χ0v) is 10.8. The number of benzene rings is 1. The maximum atomic E-state index is 11.6. The Morgan fingerprint density at radius 3 is 2.25 bits per heavy atom. The van der Waals surface area contributed by atoms with Crippen molar-refractivity contribution in [3.8, 4) is 0 Å². The third kappa shape index (κ3) is 2.97. The third-order valence-electron chi connectivity index (χ3n) is 2.62. The molecule has 0 aliphatic carbocycles. The Hall–Kier alpha value is -0.580. The lowest BCUT2D eigenvalue weighted by molar-refractivity contribution is 0.176. The van der Waals surface area contributed by atoms with Gasteiger partial charge in [0.2, 0.25) is 0 Å². The average molecular weight is 263 g/mol. The first-order valence-corrected chi connectivity index (χ1v) is 7.13. The highest BCUT2D eigenvalue weighted by molar-refractivity contribution is 7.92. The molecule has 0 aromatic heterocycles. The topological polar surface area (TPSA) is 54.4 Å². The Kier molecular flexibility index (Phi) is 4.35. The van der Waals surface area contributed by atoms with E-state index in [2.05, 4.69) is 0 Å². The van der Waals surface area contributed by atoms with Crippen molar-refractivity contribution in [2.24, 2.45) is 0 Å². The molecule has 0 aliphatic rings. The van der Waals surface area contributed by atoms with E-state index in [0.29, 0.717) is 10.6 Å². The number of aliphatic hydroxyl groups excluding tert-OH is 1. The van der Waals surface area contributed by atoms with Crippen LogP contribution in [0, 0.1) is 0 Å². The molecular formula is C11H15ClO3S. The van der Waals surface area contributed by atoms with Crippen LogP contribution in [0.1, 0.15) is 25.5 Å². The van der Waals surface area contributed by atoms with Gasteiger partial charge in [0.1, 0.15) is 0 Å². The van der Waals surface area contributed by atoms with E-state index in [0.717, 1.165) is 0 Å². The molecule has 0 radical (unpaired) electrons. The second-order valence-corrected chi connectivity index (χ2v) is 6.74. The fourth-order valence-corrected chi connectivity index (χ4v) is 2.59. The zero-order chi connectivity index (χ0) is 12.3. The first kappa shape index (κ1) is 13.5. The minimum Gasteiger partial charge on any atom is -0.387 e. The van der Waals surface area contributed by atoms with Crippen LogP contribution < -0.4 is 0 Å². The number of hydrogen-bond donors (Lipinski definition) is 1. The summed E-state index contributed by atoms with van der Waals surface area (Å²) in [6.45, 7) is 3.08. The molecule has 0 spiro atoms. The maximum absolute atomic E-state index is 11.6. The summed E-state index contributed by atoms with van der Waals surface area (Å²) in [7, 11) is -3.24. The van der Waals surface area contributed by atoms with Gasteiger partial charge in [0, 0.05) is 10.8 Å². The van der Waals surface area contributed by atoms with Crippen LogP contribution in [0.5, 0.6) is 0 Å². The first-order valence-electron chi connectivity index (χ1n) is 5.03. The highest BCUT2D eigenvalue weighted by Gasteiger charge is 2.27. The van der Waals surface area contributed by atoms with Crippen LogP contribution in [-0.2, 0) is 9.84 Å². The Labute approximate surface area is 101 Å². The number of hydrogen-bond acceptors (Lipinski definition) is 3. The standard InChI is InChI=1S/C11H15ClO3S/c1-3-16(14,15)8(2)11(13)9-4-6-10(12)7-5-9/h4-8,11,13H,3H2,1-2H3/t8-,11-/m1/s1. The van der Waals surface area contributed by atoms with Gasteiger partial charge in [0.05, 0.1) is 11.4 Å². The highest BCUT2D eigenvalue weighted by Crippen LogP contribution is 2.23. The lowest BCUT2D eigenvalue weighted by atomic mass is 10.1. The summed E-state index contributed by atoms with van der Waals surface area (Å²) in [5.41, 5.74) is 0.564. The second-order valence-electron chi connectivity index (χ2n) is 3.65. The summed E-state index contributed by atoms with van der Waals surface area (Å²) in [5, 5.41) is 9.67. The molecule has 5 heteroatoms. The SMILES string of the molecule is CCS(=O)(=O)[C@H](C)[C@@H](O)c1ccc(Cl)cc1. The van der Waals surface area contributed by atoms with Crippen molar-refractivity contribution in [2.45, 2.75) is 25.2 Å². The van der Waals surface area contributed by atoms with Crippen molar-refractivity contribution in [1.29, 1.82) is 0 Å². The Bertz CT molecular complexity index is 439. The zero-order valence-electron chi connectivity index (χ0n) is 9.22. The lowest BCUT2D eigenvalue weighted by Gasteiger charge is -2.18. The maximum Gasteiger partial charge on any atom is 0.155 e. The van der Waals surface area contributed by atoms with Crippen molar-refractivity contribution in [1.82, 2.24) is 0 Å². The molecule has 0 heterocycles. The van der Waals surface area contributed by atoms with E-state index >= 15 is 0 Å². The van der Waals surface area contributed by atoms with Crippen molar-refractivity contribution >= 4 is 21.4 Å². The molecule has 0 bridgehead atoms. The van der Waals surface area contributed by atoms with Crippen LogP contribution in [0.3, 0.4) is 0 Å². The fraction of sp³-hybridized carbons (Fsp3) is 0.455. The van der Waals surface area contributed by atoms with Gasteiger partial charge in [-0.05, 0) is 24.6 Å². The number of sulfone groups is 1. The number of halogens is 1. The normalized spacial score (nSPS) is 15.8. The minimum absolute atomic E-state index is 0.0266. The smallest absolute Gasteiger partial charge is 0.155 e. The molecule has 0 saturated heterocycles. The highest BCUT2D eigenvalue weighted by atomic mass is 35.5. The van der Waals surface area contributed by atoms with Gasteiger partial charge in [-0.2, -0.15) is 0 Å². The van der Waals surface area contributed by atoms with Gasteiger partial charge in [0.25, 0.3) is 0 Å². The summed E-state index contributed by atoms with van der Waals surface area (Å²) in [6, 6.07) is 6.53. The molecule has 0 amide bonds. The number of rotatable bonds is 4. The summed E-state index contributed by atoms with van der Waals surface area (Å²) in [5.74, 6) is 0.0266. The Morgan fingerprint density at radius 2 is 1.81 bits per heavy atom. The average Bonchev–Trinajstić information content (AvgIpc) is 2.28. The molecule has 90 valence electrons. The molecule has 1 N–H and O–H groups in total. The van der Waals surface area contributed by atoms with E-state index in [1.54, 1.807) is 31.2 Å². The molecule has 1 aromatic rings. The predicted molar refractivity (Wildman–Crippen MR) is 65.3 cm³/mol. The molecule has 1 rings (SSSR count). The van der Waals surface area contributed by atoms with Gasteiger partial charge >= 0.3 is 0 Å². The van der Waals surface area contributed by atoms with Crippen LogP contribution in [0.2, 0.25) is 5.02 Å². The van der Waals surface area contributed by atoms with Crippen LogP contribution in [0.25, 0.3) is 0 Å². The van der Waals surface area contributed by atoms with Crippen molar-refractivity contribution in [2.75, 3.05) is 5.75 Å².